The van der Waals surface area contributed by atoms with Crippen molar-refractivity contribution in [2.75, 3.05) is 70.8 Å². The van der Waals surface area contributed by atoms with E-state index < -0.39 is 11.9 Å². The van der Waals surface area contributed by atoms with E-state index in [1.807, 2.05) is 24.3 Å². The monoisotopic (exact) mass is 621 g/mol. The summed E-state index contributed by atoms with van der Waals surface area (Å²) in [6.07, 6.45) is 13.1. The van der Waals surface area contributed by atoms with Gasteiger partial charge in [-0.2, -0.15) is 0 Å². The summed E-state index contributed by atoms with van der Waals surface area (Å²) in [5.74, 6) is -0.874. The molecule has 4 saturated heterocycles. The lowest BCUT2D eigenvalue weighted by molar-refractivity contribution is -0.131. The number of amides is 1. The van der Waals surface area contributed by atoms with Crippen molar-refractivity contribution in [2.24, 2.45) is 11.3 Å². The molecule has 4 aliphatic rings. The maximum atomic E-state index is 12.0. The van der Waals surface area contributed by atoms with Gasteiger partial charge in [-0.05, 0) is 87.1 Å². The molecule has 249 valence electrons. The molecule has 0 aliphatic carbocycles. The Morgan fingerprint density at radius 2 is 1.67 bits per heavy atom. The third-order valence-corrected chi connectivity index (χ3v) is 10.3. The van der Waals surface area contributed by atoms with Gasteiger partial charge in [-0.25, -0.2) is 4.79 Å². The number of nitrogens with zero attached hydrogens (tertiary/aromatic N) is 1. The molecule has 1 aromatic carbocycles. The molecule has 2 bridgehead atoms. The van der Waals surface area contributed by atoms with Crippen molar-refractivity contribution in [3.63, 3.8) is 0 Å². The van der Waals surface area contributed by atoms with Gasteiger partial charge >= 0.3 is 5.97 Å². The van der Waals surface area contributed by atoms with Crippen LogP contribution in [0.3, 0.4) is 0 Å². The summed E-state index contributed by atoms with van der Waals surface area (Å²) in [5, 5.41) is 26.9. The number of hydrogen-bond donors (Lipinski definition) is 6. The predicted octanol–water partition coefficient (Wildman–Crippen LogP) is 3.46. The smallest absolute Gasteiger partial charge is 0.328 e. The number of unbranched alkanes of at least 4 members (excludes halogenated alkanes) is 2. The van der Waals surface area contributed by atoms with Crippen LogP contribution in [0.2, 0.25) is 5.31 Å². The van der Waals surface area contributed by atoms with E-state index in [0.29, 0.717) is 17.1 Å². The predicted molar refractivity (Wildman–Crippen MR) is 185 cm³/mol. The largest absolute Gasteiger partial charge is 0.478 e. The molecule has 6 N–H and O–H groups in total. The molecule has 4 aliphatic heterocycles. The van der Waals surface area contributed by atoms with Crippen LogP contribution in [0, 0.1) is 11.3 Å². The first kappa shape index (κ1) is 35.6. The van der Waals surface area contributed by atoms with Gasteiger partial charge in [-0.1, -0.05) is 57.1 Å². The fourth-order valence-corrected chi connectivity index (χ4v) is 7.73. The Labute approximate surface area is 272 Å². The summed E-state index contributed by atoms with van der Waals surface area (Å²) >= 11 is 0. The molecule has 45 heavy (non-hydrogen) atoms. The van der Waals surface area contributed by atoms with Crippen molar-refractivity contribution in [3.8, 4) is 0 Å². The quantitative estimate of drug-likeness (QED) is 0.134. The van der Waals surface area contributed by atoms with Crippen LogP contribution >= 0.6 is 0 Å². The van der Waals surface area contributed by atoms with Crippen molar-refractivity contribution in [2.45, 2.75) is 82.9 Å². The molecule has 9 nitrogen and oxygen atoms in total. The number of carboxylic acid groups (broad SMARTS) is 1. The van der Waals surface area contributed by atoms with E-state index in [2.05, 4.69) is 52.6 Å². The lowest BCUT2D eigenvalue weighted by Crippen LogP contribution is -2.62. The van der Waals surface area contributed by atoms with Gasteiger partial charge in [0.2, 0.25) is 5.91 Å². The van der Waals surface area contributed by atoms with E-state index >= 15 is 0 Å². The molecule has 4 unspecified atom stereocenters. The van der Waals surface area contributed by atoms with E-state index in [9.17, 15) is 9.59 Å². The van der Waals surface area contributed by atoms with Gasteiger partial charge in [0, 0.05) is 63.1 Å². The van der Waals surface area contributed by atoms with Gasteiger partial charge in [0.15, 0.2) is 0 Å². The van der Waals surface area contributed by atoms with Crippen molar-refractivity contribution >= 4 is 24.8 Å². The highest BCUT2D eigenvalue weighted by Gasteiger charge is 2.46. The first-order valence-electron chi connectivity index (χ1n) is 17.6. The van der Waals surface area contributed by atoms with Crippen LogP contribution in [0.4, 0.5) is 5.69 Å². The Kier molecular flexibility index (Phi) is 14.4. The zero-order valence-electron chi connectivity index (χ0n) is 27.8. The lowest BCUT2D eigenvalue weighted by Gasteiger charge is -2.54. The Morgan fingerprint density at radius 1 is 0.956 bits per heavy atom. The van der Waals surface area contributed by atoms with Crippen LogP contribution in [0.15, 0.2) is 36.4 Å². The SMILES string of the molecule is CCCCCC12CNCCNCC([B]Cc3ccc(NC(=O)C=CC(=O)O)cc3)(CNCCCC(C)C1)CNCCN1CCC12. The van der Waals surface area contributed by atoms with Crippen LogP contribution in [0.5, 0.6) is 0 Å². The zero-order valence-corrected chi connectivity index (χ0v) is 27.8. The summed E-state index contributed by atoms with van der Waals surface area (Å²) in [4.78, 5) is 25.5. The van der Waals surface area contributed by atoms with Crippen molar-refractivity contribution in [3.05, 3.63) is 42.0 Å². The van der Waals surface area contributed by atoms with E-state index in [1.165, 1.54) is 63.5 Å². The van der Waals surface area contributed by atoms with Gasteiger partial charge in [0.05, 0.1) is 0 Å². The molecule has 4 heterocycles. The summed E-state index contributed by atoms with van der Waals surface area (Å²) < 4.78 is 0. The molecular formula is C35H58BN6O3. The van der Waals surface area contributed by atoms with Crippen LogP contribution in [0.1, 0.15) is 70.8 Å². The Balaban J connectivity index is 1.46. The van der Waals surface area contributed by atoms with Crippen LogP contribution in [-0.4, -0.2) is 101 Å². The number of carboxylic acids is 1. The van der Waals surface area contributed by atoms with Gasteiger partial charge < -0.3 is 31.7 Å². The standard InChI is InChI=1S/C35H58BN6O3/c1-3-4-5-15-34-22-28(2)7-6-16-37-25-35(26-39-18-17-38-24-34,27-40-19-21-42-20-14-31(34)42)36-23-29-8-10-30(11-9-29)41-32(43)12-13-33(44)45/h8-13,28,31,37-40H,3-7,14-27H2,1-2H3,(H,41,43)(H,44,45). The lowest BCUT2D eigenvalue weighted by atomic mass is 9.49. The first-order valence-corrected chi connectivity index (χ1v) is 17.6. The number of benzene rings is 1. The van der Waals surface area contributed by atoms with Crippen LogP contribution in [0.25, 0.3) is 0 Å². The fraction of sp³-hybridized carbons (Fsp3) is 0.714. The highest BCUT2D eigenvalue weighted by molar-refractivity contribution is 6.40. The number of carbonyl (C=O) groups excluding carboxylic acids is 1. The van der Waals surface area contributed by atoms with Gasteiger partial charge in [-0.15, -0.1) is 0 Å². The summed E-state index contributed by atoms with van der Waals surface area (Å²) in [5.41, 5.74) is 2.18. The molecule has 10 heteroatoms. The second-order valence-electron chi connectivity index (χ2n) is 13.9. The molecular weight excluding hydrogens is 563 g/mol. The molecule has 4 fully saturated rings. The number of carbonyl (C=O) groups is 2. The van der Waals surface area contributed by atoms with Gasteiger partial charge in [0.1, 0.15) is 7.28 Å². The van der Waals surface area contributed by atoms with Crippen molar-refractivity contribution < 1.29 is 14.7 Å². The van der Waals surface area contributed by atoms with Crippen molar-refractivity contribution in [1.82, 2.24) is 26.2 Å². The molecule has 0 aromatic heterocycles. The second-order valence-corrected chi connectivity index (χ2v) is 13.9. The number of nitrogens with one attached hydrogen (secondary N) is 5. The minimum Gasteiger partial charge on any atom is -0.478 e. The zero-order chi connectivity index (χ0) is 32.0. The maximum absolute atomic E-state index is 12.0. The molecule has 1 radical (unpaired) electrons. The first-order chi connectivity index (χ1) is 21.8. The van der Waals surface area contributed by atoms with E-state index in [4.69, 9.17) is 5.11 Å². The highest BCUT2D eigenvalue weighted by Crippen LogP contribution is 2.44. The van der Waals surface area contributed by atoms with E-state index in [1.54, 1.807) is 0 Å². The number of fused-ring (bicyclic) bond motifs is 14. The van der Waals surface area contributed by atoms with Crippen LogP contribution in [-0.2, 0) is 15.9 Å². The number of anilines is 1. The minimum absolute atomic E-state index is 0.0529. The normalized spacial score (nSPS) is 29.1. The number of rotatable bonds is 10. The Bertz CT molecular complexity index is 1090. The van der Waals surface area contributed by atoms with Crippen molar-refractivity contribution in [1.29, 1.82) is 0 Å². The average Bonchev–Trinajstić information content (AvgIpc) is 3.00. The molecule has 5 rings (SSSR count). The molecule has 0 saturated carbocycles. The topological polar surface area (TPSA) is 118 Å². The summed E-state index contributed by atoms with van der Waals surface area (Å²) in [7, 11) is 2.48. The maximum Gasteiger partial charge on any atom is 0.328 e. The third-order valence-electron chi connectivity index (χ3n) is 10.3. The fourth-order valence-electron chi connectivity index (χ4n) is 7.73. The van der Waals surface area contributed by atoms with E-state index in [0.717, 1.165) is 83.3 Å². The van der Waals surface area contributed by atoms with Gasteiger partial charge in [0.25, 0.3) is 0 Å². The Morgan fingerprint density at radius 3 is 2.36 bits per heavy atom. The molecule has 1 amide bonds. The van der Waals surface area contributed by atoms with Crippen LogP contribution < -0.4 is 26.6 Å². The average molecular weight is 622 g/mol. The minimum atomic E-state index is -1.14. The highest BCUT2D eigenvalue weighted by atomic mass is 16.4. The molecule has 0 spiro atoms. The van der Waals surface area contributed by atoms with E-state index in [-0.39, 0.29) is 5.31 Å². The summed E-state index contributed by atoms with van der Waals surface area (Å²) in [6, 6.07) is 8.52. The van der Waals surface area contributed by atoms with Gasteiger partial charge in [-0.3, -0.25) is 9.69 Å². The Hall–Kier alpha value is -2.24. The number of hydrogen-bond acceptors (Lipinski definition) is 7. The third kappa shape index (κ3) is 11.2. The summed E-state index contributed by atoms with van der Waals surface area (Å²) in [6.45, 7) is 15.0. The molecule has 1 aromatic rings. The number of aliphatic carboxylic acids is 1. The second kappa shape index (κ2) is 18.2. The molecule has 4 atom stereocenters.